The van der Waals surface area contributed by atoms with Crippen molar-refractivity contribution in [1.82, 2.24) is 14.9 Å². The maximum Gasteiger partial charge on any atom is 0.324 e. The van der Waals surface area contributed by atoms with Gasteiger partial charge in [0.25, 0.3) is 0 Å². The van der Waals surface area contributed by atoms with E-state index in [1.807, 2.05) is 17.0 Å². The Morgan fingerprint density at radius 1 is 1.03 bits per heavy atom. The first-order chi connectivity index (χ1) is 16.2. The van der Waals surface area contributed by atoms with E-state index >= 15 is 0 Å². The van der Waals surface area contributed by atoms with Crippen molar-refractivity contribution < 1.29 is 23.7 Å². The molecule has 0 unspecified atom stereocenters. The minimum Gasteiger partial charge on any atom is -0.495 e. The molecule has 2 aliphatic rings. The van der Waals surface area contributed by atoms with Gasteiger partial charge in [0, 0.05) is 38.8 Å². The molecule has 1 aromatic heterocycles. The van der Waals surface area contributed by atoms with E-state index in [2.05, 4.69) is 25.5 Å². The summed E-state index contributed by atoms with van der Waals surface area (Å²) in [5.41, 5.74) is 0.557. The molecule has 1 aromatic carbocycles. The van der Waals surface area contributed by atoms with Crippen LogP contribution in [0.2, 0.25) is 0 Å². The van der Waals surface area contributed by atoms with Crippen LogP contribution in [-0.2, 0) is 9.47 Å². The van der Waals surface area contributed by atoms with E-state index in [4.69, 9.17) is 18.9 Å². The Balaban J connectivity index is 1.44. The van der Waals surface area contributed by atoms with Crippen LogP contribution >= 0.6 is 0 Å². The summed E-state index contributed by atoms with van der Waals surface area (Å²) < 4.78 is 22.0. The Bertz CT molecular complexity index is 918. The summed E-state index contributed by atoms with van der Waals surface area (Å²) in [4.78, 5) is 26.0. The van der Waals surface area contributed by atoms with Crippen molar-refractivity contribution in [3.63, 3.8) is 0 Å². The van der Waals surface area contributed by atoms with Gasteiger partial charge >= 0.3 is 6.03 Å². The van der Waals surface area contributed by atoms with Gasteiger partial charge in [-0.2, -0.15) is 9.97 Å². The van der Waals surface area contributed by atoms with Gasteiger partial charge in [-0.05, 0) is 12.1 Å². The fraction of sp³-hybridized carbons (Fsp3) is 0.500. The number of urea groups is 1. The number of amides is 2. The van der Waals surface area contributed by atoms with Crippen molar-refractivity contribution in [3.8, 4) is 11.6 Å². The van der Waals surface area contributed by atoms with Gasteiger partial charge in [-0.3, -0.25) is 10.2 Å². The van der Waals surface area contributed by atoms with Gasteiger partial charge in [-0.25, -0.2) is 4.79 Å². The summed E-state index contributed by atoms with van der Waals surface area (Å²) in [5, 5.41) is 5.57. The molecule has 0 radical (unpaired) electrons. The number of nitrogens with one attached hydrogen (secondary N) is 2. The Morgan fingerprint density at radius 3 is 2.52 bits per heavy atom. The minimum atomic E-state index is -0.439. The number of hydrogen-bond acceptors (Lipinski definition) is 9. The molecule has 3 heterocycles. The monoisotopic (exact) mass is 458 g/mol. The lowest BCUT2D eigenvalue weighted by atomic mass is 10.3. The number of para-hydroxylation sites is 2. The Labute approximate surface area is 193 Å². The van der Waals surface area contributed by atoms with E-state index in [1.54, 1.807) is 25.3 Å². The normalized spacial score (nSPS) is 16.8. The molecular formula is C22H30N6O5. The van der Waals surface area contributed by atoms with Crippen LogP contribution in [0.25, 0.3) is 0 Å². The minimum absolute atomic E-state index is 0.347. The van der Waals surface area contributed by atoms with Crippen molar-refractivity contribution >= 4 is 23.5 Å². The fourth-order valence-corrected chi connectivity index (χ4v) is 3.58. The molecule has 11 nitrogen and oxygen atoms in total. The maximum absolute atomic E-state index is 12.6. The number of methoxy groups -OCH3 is 1. The average molecular weight is 459 g/mol. The lowest BCUT2D eigenvalue weighted by Gasteiger charge is -2.28. The van der Waals surface area contributed by atoms with E-state index in [1.165, 1.54) is 0 Å². The summed E-state index contributed by atoms with van der Waals surface area (Å²) in [6.07, 6.45) is 0. The number of morpholine rings is 2. The molecule has 2 fully saturated rings. The molecule has 2 aliphatic heterocycles. The summed E-state index contributed by atoms with van der Waals surface area (Å²) in [6.45, 7) is 7.06. The summed E-state index contributed by atoms with van der Waals surface area (Å²) in [7, 11) is 1.55. The molecule has 0 bridgehead atoms. The predicted molar refractivity (Wildman–Crippen MR) is 123 cm³/mol. The number of rotatable bonds is 8. The smallest absolute Gasteiger partial charge is 0.324 e. The zero-order valence-corrected chi connectivity index (χ0v) is 18.8. The summed E-state index contributed by atoms with van der Waals surface area (Å²) >= 11 is 0. The third-order valence-corrected chi connectivity index (χ3v) is 5.34. The Kier molecular flexibility index (Phi) is 8.12. The van der Waals surface area contributed by atoms with Gasteiger partial charge in [0.15, 0.2) is 0 Å². The predicted octanol–water partition coefficient (Wildman–Crippen LogP) is 1.68. The third kappa shape index (κ3) is 6.67. The molecule has 0 saturated carbocycles. The number of anilines is 3. The molecule has 0 atom stereocenters. The highest BCUT2D eigenvalue weighted by molar-refractivity contribution is 6.00. The second-order valence-electron chi connectivity index (χ2n) is 7.57. The van der Waals surface area contributed by atoms with Crippen LogP contribution < -0.4 is 25.0 Å². The van der Waals surface area contributed by atoms with Crippen LogP contribution in [-0.4, -0.2) is 93.8 Å². The number of aromatic nitrogens is 2. The zero-order valence-electron chi connectivity index (χ0n) is 18.8. The SMILES string of the molecule is COc1ccccc1NC(=O)Nc1cc(OCCN2CCOCC2)nc(N2CCOCC2)n1. The van der Waals surface area contributed by atoms with Crippen LogP contribution in [0.5, 0.6) is 11.6 Å². The maximum atomic E-state index is 12.6. The largest absolute Gasteiger partial charge is 0.495 e. The zero-order chi connectivity index (χ0) is 22.9. The van der Waals surface area contributed by atoms with Crippen LogP contribution in [0.3, 0.4) is 0 Å². The van der Waals surface area contributed by atoms with Crippen molar-refractivity contribution in [2.45, 2.75) is 0 Å². The molecule has 0 spiro atoms. The second kappa shape index (κ2) is 11.6. The van der Waals surface area contributed by atoms with Crippen LogP contribution in [0, 0.1) is 0 Å². The molecular weight excluding hydrogens is 428 g/mol. The van der Waals surface area contributed by atoms with E-state index < -0.39 is 6.03 Å². The molecule has 33 heavy (non-hydrogen) atoms. The van der Waals surface area contributed by atoms with Crippen LogP contribution in [0.15, 0.2) is 30.3 Å². The standard InChI is InChI=1S/C22H30N6O5/c1-30-18-5-3-2-4-17(18)23-22(29)25-19-16-20(33-15-8-27-6-11-31-12-7-27)26-21(24-19)28-9-13-32-14-10-28/h2-5,16H,6-15H2,1H3,(H2,23,24,25,26,29). The number of benzene rings is 1. The van der Waals surface area contributed by atoms with Gasteiger partial charge < -0.3 is 29.2 Å². The molecule has 178 valence electrons. The molecule has 4 rings (SSSR count). The number of carbonyl (C=O) groups excluding carboxylic acids is 1. The van der Waals surface area contributed by atoms with Gasteiger partial charge in [0.05, 0.1) is 39.2 Å². The van der Waals surface area contributed by atoms with Crippen LogP contribution in [0.1, 0.15) is 0 Å². The van der Waals surface area contributed by atoms with Gasteiger partial charge in [-0.1, -0.05) is 12.1 Å². The Hall–Kier alpha value is -3.15. The third-order valence-electron chi connectivity index (χ3n) is 5.34. The van der Waals surface area contributed by atoms with E-state index in [0.717, 1.165) is 32.8 Å². The van der Waals surface area contributed by atoms with Crippen molar-refractivity contribution in [1.29, 1.82) is 0 Å². The van der Waals surface area contributed by atoms with Crippen molar-refractivity contribution in [2.24, 2.45) is 0 Å². The number of nitrogens with zero attached hydrogens (tertiary/aromatic N) is 4. The second-order valence-corrected chi connectivity index (χ2v) is 7.57. The first-order valence-corrected chi connectivity index (χ1v) is 11.1. The fourth-order valence-electron chi connectivity index (χ4n) is 3.58. The number of hydrogen-bond donors (Lipinski definition) is 2. The molecule has 0 aliphatic carbocycles. The van der Waals surface area contributed by atoms with E-state index in [0.29, 0.717) is 62.0 Å². The quantitative estimate of drug-likeness (QED) is 0.610. The number of carbonyl (C=O) groups is 1. The first-order valence-electron chi connectivity index (χ1n) is 11.1. The van der Waals surface area contributed by atoms with E-state index in [-0.39, 0.29) is 0 Å². The van der Waals surface area contributed by atoms with Gasteiger partial charge in [0.2, 0.25) is 11.8 Å². The molecule has 11 heteroatoms. The van der Waals surface area contributed by atoms with Crippen molar-refractivity contribution in [2.75, 3.05) is 88.4 Å². The van der Waals surface area contributed by atoms with Gasteiger partial charge in [0.1, 0.15) is 18.2 Å². The molecule has 2 N–H and O–H groups in total. The summed E-state index contributed by atoms with van der Waals surface area (Å²) in [5.74, 6) is 1.82. The van der Waals surface area contributed by atoms with Crippen molar-refractivity contribution in [3.05, 3.63) is 30.3 Å². The first kappa shape index (κ1) is 23.0. The topological polar surface area (TPSA) is 110 Å². The van der Waals surface area contributed by atoms with E-state index in [9.17, 15) is 4.79 Å². The lowest BCUT2D eigenvalue weighted by Crippen LogP contribution is -2.39. The van der Waals surface area contributed by atoms with Crippen LogP contribution in [0.4, 0.5) is 22.2 Å². The highest BCUT2D eigenvalue weighted by atomic mass is 16.5. The molecule has 2 amide bonds. The average Bonchev–Trinajstić information content (AvgIpc) is 2.85. The molecule has 2 saturated heterocycles. The highest BCUT2D eigenvalue weighted by Gasteiger charge is 2.18. The number of ether oxygens (including phenoxy) is 4. The Morgan fingerprint density at radius 2 is 1.76 bits per heavy atom. The molecule has 2 aromatic rings. The van der Waals surface area contributed by atoms with Gasteiger partial charge in [-0.15, -0.1) is 0 Å². The lowest BCUT2D eigenvalue weighted by molar-refractivity contribution is 0.0320. The highest BCUT2D eigenvalue weighted by Crippen LogP contribution is 2.24. The summed E-state index contributed by atoms with van der Waals surface area (Å²) in [6, 6.07) is 8.38.